The standard InChI is InChI=1S/C14H22N2O2S/c1-3-17-14-12-4-5-13(14)18-7-6-16(12)8-11-9-19-10(2)15-11/h9,12-14H,3-8H2,1-2H3. The largest absolute Gasteiger partial charge is 0.374 e. The van der Waals surface area contributed by atoms with Gasteiger partial charge in [0.25, 0.3) is 0 Å². The van der Waals surface area contributed by atoms with Gasteiger partial charge in [-0.25, -0.2) is 4.98 Å². The Bertz CT molecular complexity index is 423. The van der Waals surface area contributed by atoms with E-state index >= 15 is 0 Å². The van der Waals surface area contributed by atoms with Gasteiger partial charge in [-0.05, 0) is 26.7 Å². The van der Waals surface area contributed by atoms with Gasteiger partial charge in [0.1, 0.15) is 0 Å². The van der Waals surface area contributed by atoms with Crippen LogP contribution in [0.2, 0.25) is 0 Å². The van der Waals surface area contributed by atoms with Crippen LogP contribution in [0.3, 0.4) is 0 Å². The van der Waals surface area contributed by atoms with Gasteiger partial charge >= 0.3 is 0 Å². The molecule has 0 N–H and O–H groups in total. The predicted octanol–water partition coefficient (Wildman–Crippen LogP) is 2.22. The third-order valence-electron chi connectivity index (χ3n) is 4.06. The van der Waals surface area contributed by atoms with Gasteiger partial charge in [-0.15, -0.1) is 11.3 Å². The number of nitrogens with zero attached hydrogens (tertiary/aromatic N) is 2. The zero-order valence-corrected chi connectivity index (χ0v) is 12.5. The molecule has 3 unspecified atom stereocenters. The summed E-state index contributed by atoms with van der Waals surface area (Å²) in [7, 11) is 0. The molecule has 0 spiro atoms. The summed E-state index contributed by atoms with van der Waals surface area (Å²) in [6.45, 7) is 7.63. The van der Waals surface area contributed by atoms with Gasteiger partial charge in [0.2, 0.25) is 0 Å². The van der Waals surface area contributed by atoms with Gasteiger partial charge in [-0.3, -0.25) is 4.90 Å². The van der Waals surface area contributed by atoms with E-state index in [9.17, 15) is 0 Å². The minimum atomic E-state index is 0.243. The Morgan fingerprint density at radius 3 is 3.16 bits per heavy atom. The molecule has 0 aromatic carbocycles. The molecule has 2 bridgehead atoms. The van der Waals surface area contributed by atoms with Crippen LogP contribution in [0.1, 0.15) is 30.5 Å². The molecule has 3 rings (SSSR count). The molecule has 1 aliphatic carbocycles. The Morgan fingerprint density at radius 2 is 2.42 bits per heavy atom. The molecule has 106 valence electrons. The zero-order valence-electron chi connectivity index (χ0n) is 11.7. The SMILES string of the molecule is CCOC1C2CCC1N(Cc1csc(C)n1)CCO2. The first-order valence-electron chi connectivity index (χ1n) is 7.16. The number of aromatic nitrogens is 1. The maximum absolute atomic E-state index is 5.95. The predicted molar refractivity (Wildman–Crippen MR) is 75.4 cm³/mol. The monoisotopic (exact) mass is 282 g/mol. The van der Waals surface area contributed by atoms with Crippen LogP contribution in [0.5, 0.6) is 0 Å². The number of hydrogen-bond donors (Lipinski definition) is 0. The lowest BCUT2D eigenvalue weighted by Crippen LogP contribution is -2.42. The van der Waals surface area contributed by atoms with E-state index in [0.29, 0.717) is 12.1 Å². The zero-order chi connectivity index (χ0) is 13.2. The van der Waals surface area contributed by atoms with Gasteiger partial charge < -0.3 is 9.47 Å². The Kier molecular flexibility index (Phi) is 4.17. The van der Waals surface area contributed by atoms with E-state index in [4.69, 9.17) is 9.47 Å². The minimum Gasteiger partial charge on any atom is -0.374 e. The van der Waals surface area contributed by atoms with Crippen molar-refractivity contribution in [1.82, 2.24) is 9.88 Å². The first kappa shape index (κ1) is 13.5. The van der Waals surface area contributed by atoms with E-state index in [2.05, 4.69) is 29.1 Å². The quantitative estimate of drug-likeness (QED) is 0.848. The van der Waals surface area contributed by atoms with Crippen molar-refractivity contribution in [2.75, 3.05) is 19.8 Å². The number of hydrogen-bond acceptors (Lipinski definition) is 5. The molecule has 2 aliphatic rings. The molecule has 1 aromatic rings. The molecule has 1 saturated heterocycles. The van der Waals surface area contributed by atoms with E-state index in [1.165, 1.54) is 12.1 Å². The summed E-state index contributed by atoms with van der Waals surface area (Å²) in [4.78, 5) is 7.09. The summed E-state index contributed by atoms with van der Waals surface area (Å²) in [6.07, 6.45) is 2.85. The second-order valence-electron chi connectivity index (χ2n) is 5.30. The van der Waals surface area contributed by atoms with Crippen molar-refractivity contribution in [3.05, 3.63) is 16.1 Å². The van der Waals surface area contributed by atoms with Crippen molar-refractivity contribution in [2.24, 2.45) is 0 Å². The number of aryl methyl sites for hydroxylation is 1. The van der Waals surface area contributed by atoms with Crippen LogP contribution in [-0.2, 0) is 16.0 Å². The lowest BCUT2D eigenvalue weighted by molar-refractivity contribution is -0.0498. The second-order valence-corrected chi connectivity index (χ2v) is 6.36. The maximum atomic E-state index is 5.95. The van der Waals surface area contributed by atoms with E-state index in [0.717, 1.165) is 37.7 Å². The number of thiazole rings is 1. The summed E-state index contributed by atoms with van der Waals surface area (Å²) in [6, 6.07) is 0.495. The fourth-order valence-corrected chi connectivity index (χ4v) is 3.87. The summed E-state index contributed by atoms with van der Waals surface area (Å²) in [5.41, 5.74) is 1.18. The second kappa shape index (κ2) is 5.87. The molecule has 1 aliphatic heterocycles. The highest BCUT2D eigenvalue weighted by Crippen LogP contribution is 2.32. The summed E-state index contributed by atoms with van der Waals surface area (Å²) in [5, 5.41) is 3.31. The van der Waals surface area contributed by atoms with E-state index in [1.54, 1.807) is 11.3 Å². The Morgan fingerprint density at radius 1 is 1.53 bits per heavy atom. The van der Waals surface area contributed by atoms with Crippen LogP contribution in [0.4, 0.5) is 0 Å². The average Bonchev–Trinajstić information content (AvgIpc) is 2.90. The number of rotatable bonds is 4. The molecule has 5 heteroatoms. The summed E-state index contributed by atoms with van der Waals surface area (Å²) in [5.74, 6) is 0. The summed E-state index contributed by atoms with van der Waals surface area (Å²) >= 11 is 1.73. The molecule has 2 heterocycles. The maximum Gasteiger partial charge on any atom is 0.0991 e. The average molecular weight is 282 g/mol. The normalized spacial score (nSPS) is 31.6. The molecule has 4 nitrogen and oxygen atoms in total. The highest BCUT2D eigenvalue weighted by Gasteiger charge is 2.42. The Hall–Kier alpha value is -0.490. The van der Waals surface area contributed by atoms with Gasteiger partial charge in [-0.2, -0.15) is 0 Å². The van der Waals surface area contributed by atoms with Crippen LogP contribution in [0.25, 0.3) is 0 Å². The minimum absolute atomic E-state index is 0.243. The first-order valence-corrected chi connectivity index (χ1v) is 8.04. The lowest BCUT2D eigenvalue weighted by Gasteiger charge is -2.30. The van der Waals surface area contributed by atoms with Crippen LogP contribution in [0, 0.1) is 6.92 Å². The fourth-order valence-electron chi connectivity index (χ4n) is 3.26. The molecule has 19 heavy (non-hydrogen) atoms. The van der Waals surface area contributed by atoms with E-state index in [1.807, 2.05) is 0 Å². The van der Waals surface area contributed by atoms with Gasteiger partial charge in [0.05, 0.1) is 29.5 Å². The van der Waals surface area contributed by atoms with Crippen molar-refractivity contribution in [2.45, 2.75) is 51.5 Å². The van der Waals surface area contributed by atoms with Crippen molar-refractivity contribution < 1.29 is 9.47 Å². The first-order chi connectivity index (χ1) is 9.28. The van der Waals surface area contributed by atoms with E-state index in [-0.39, 0.29) is 6.10 Å². The van der Waals surface area contributed by atoms with Crippen molar-refractivity contribution >= 4 is 11.3 Å². The smallest absolute Gasteiger partial charge is 0.0991 e. The van der Waals surface area contributed by atoms with Crippen LogP contribution in [-0.4, -0.2) is 47.9 Å². The summed E-state index contributed by atoms with van der Waals surface area (Å²) < 4.78 is 11.9. The van der Waals surface area contributed by atoms with Crippen molar-refractivity contribution in [3.8, 4) is 0 Å². The fraction of sp³-hybridized carbons (Fsp3) is 0.786. The van der Waals surface area contributed by atoms with Crippen molar-refractivity contribution in [3.63, 3.8) is 0 Å². The molecule has 1 aromatic heterocycles. The molecule has 1 saturated carbocycles. The van der Waals surface area contributed by atoms with Gasteiger partial charge in [-0.1, -0.05) is 0 Å². The molecule has 2 fully saturated rings. The van der Waals surface area contributed by atoms with Crippen molar-refractivity contribution in [1.29, 1.82) is 0 Å². The molecule has 0 radical (unpaired) electrons. The number of fused-ring (bicyclic) bond motifs is 2. The molecule has 0 amide bonds. The van der Waals surface area contributed by atoms with Crippen LogP contribution in [0.15, 0.2) is 5.38 Å². The van der Waals surface area contributed by atoms with Gasteiger partial charge in [0, 0.05) is 31.1 Å². The van der Waals surface area contributed by atoms with Crippen LogP contribution >= 0.6 is 11.3 Å². The molecule has 3 atom stereocenters. The third-order valence-corrected chi connectivity index (χ3v) is 4.89. The van der Waals surface area contributed by atoms with E-state index < -0.39 is 0 Å². The Labute approximate surface area is 118 Å². The van der Waals surface area contributed by atoms with Crippen LogP contribution < -0.4 is 0 Å². The molecular weight excluding hydrogens is 260 g/mol. The highest BCUT2D eigenvalue weighted by molar-refractivity contribution is 7.09. The highest BCUT2D eigenvalue weighted by atomic mass is 32.1. The lowest BCUT2D eigenvalue weighted by atomic mass is 10.1. The van der Waals surface area contributed by atoms with Gasteiger partial charge in [0.15, 0.2) is 0 Å². The topological polar surface area (TPSA) is 34.6 Å². The number of ether oxygens (including phenoxy) is 2. The Balaban J connectivity index is 1.73. The molecular formula is C14H22N2O2S. The third kappa shape index (κ3) is 2.84.